The number of likely N-dealkylation sites (tertiary alicyclic amines) is 1. The van der Waals surface area contributed by atoms with Gasteiger partial charge in [-0.2, -0.15) is 0 Å². The van der Waals surface area contributed by atoms with Crippen LogP contribution < -0.4 is 10.1 Å². The van der Waals surface area contributed by atoms with E-state index in [1.54, 1.807) is 23.1 Å². The van der Waals surface area contributed by atoms with Gasteiger partial charge in [0.1, 0.15) is 5.75 Å². The number of amides is 2. The molecule has 0 spiro atoms. The largest absolute Gasteiger partial charge is 0.482 e. The normalized spacial score (nSPS) is 15.7. The number of nitrogens with zero attached hydrogens (tertiary/aromatic N) is 1. The number of piperidine rings is 1. The monoisotopic (exact) mass is 400 g/mol. The third-order valence-electron chi connectivity index (χ3n) is 4.15. The molecule has 1 saturated heterocycles. The van der Waals surface area contributed by atoms with Gasteiger partial charge in [-0.15, -0.1) is 0 Å². The first-order valence-corrected chi connectivity index (χ1v) is 9.54. The highest BCUT2D eigenvalue weighted by Gasteiger charge is 2.25. The van der Waals surface area contributed by atoms with Crippen LogP contribution >= 0.6 is 23.2 Å². The van der Waals surface area contributed by atoms with Crippen LogP contribution in [0.5, 0.6) is 5.75 Å². The molecular formula is C19H26Cl2N2O3. The zero-order chi connectivity index (χ0) is 19.3. The van der Waals surface area contributed by atoms with Crippen molar-refractivity contribution in [3.8, 4) is 5.75 Å². The molecule has 1 aromatic carbocycles. The molecule has 5 nitrogen and oxygen atoms in total. The van der Waals surface area contributed by atoms with Gasteiger partial charge in [0.15, 0.2) is 6.61 Å². The summed E-state index contributed by atoms with van der Waals surface area (Å²) in [5.74, 6) is 0.423. The topological polar surface area (TPSA) is 58.6 Å². The highest BCUT2D eigenvalue weighted by atomic mass is 35.5. The minimum absolute atomic E-state index is 0.0268. The van der Waals surface area contributed by atoms with Crippen molar-refractivity contribution >= 4 is 35.0 Å². The number of halogens is 2. The molecule has 0 unspecified atom stereocenters. The maximum absolute atomic E-state index is 12.3. The van der Waals surface area contributed by atoms with Crippen LogP contribution in [0, 0.1) is 5.41 Å². The third kappa shape index (κ3) is 6.69. The molecule has 0 bridgehead atoms. The summed E-state index contributed by atoms with van der Waals surface area (Å²) in [5, 5.41) is 3.97. The Kier molecular flexibility index (Phi) is 7.18. The SMILES string of the molecule is CC(C)(C)CC(=O)NC1CCN(C(=O)COc2ccc(Cl)cc2Cl)CC1. The van der Waals surface area contributed by atoms with E-state index < -0.39 is 0 Å². The van der Waals surface area contributed by atoms with Gasteiger partial charge in [0, 0.05) is 30.6 Å². The zero-order valence-corrected chi connectivity index (χ0v) is 17.0. The first-order chi connectivity index (χ1) is 12.1. The molecule has 2 rings (SSSR count). The molecule has 2 amide bonds. The number of nitrogens with one attached hydrogen (secondary N) is 1. The van der Waals surface area contributed by atoms with E-state index in [0.29, 0.717) is 35.3 Å². The predicted molar refractivity (Wildman–Crippen MR) is 104 cm³/mol. The lowest BCUT2D eigenvalue weighted by Crippen LogP contribution is -2.48. The zero-order valence-electron chi connectivity index (χ0n) is 15.5. The van der Waals surface area contributed by atoms with Crippen LogP contribution in [0.15, 0.2) is 18.2 Å². The van der Waals surface area contributed by atoms with E-state index in [-0.39, 0.29) is 29.9 Å². The molecule has 0 radical (unpaired) electrons. The van der Waals surface area contributed by atoms with E-state index in [4.69, 9.17) is 27.9 Å². The van der Waals surface area contributed by atoms with Gasteiger partial charge in [0.05, 0.1) is 5.02 Å². The molecule has 1 aliphatic rings. The number of hydrogen-bond acceptors (Lipinski definition) is 3. The fourth-order valence-corrected chi connectivity index (χ4v) is 3.32. The standard InChI is InChI=1S/C19H26Cl2N2O3/c1-19(2,3)11-17(24)22-14-6-8-23(9-7-14)18(25)12-26-16-5-4-13(20)10-15(16)21/h4-5,10,14H,6-9,11-12H2,1-3H3,(H,22,24). The van der Waals surface area contributed by atoms with Crippen LogP contribution in [0.4, 0.5) is 0 Å². The maximum Gasteiger partial charge on any atom is 0.260 e. The number of carbonyl (C=O) groups excluding carboxylic acids is 2. The Labute approximate surface area is 165 Å². The average Bonchev–Trinajstić information content (AvgIpc) is 2.52. The van der Waals surface area contributed by atoms with Gasteiger partial charge in [-0.1, -0.05) is 44.0 Å². The third-order valence-corrected chi connectivity index (χ3v) is 4.68. The van der Waals surface area contributed by atoms with Crippen LogP contribution in [0.3, 0.4) is 0 Å². The van der Waals surface area contributed by atoms with Crippen molar-refractivity contribution in [3.63, 3.8) is 0 Å². The number of carbonyl (C=O) groups is 2. The van der Waals surface area contributed by atoms with Crippen molar-refractivity contribution < 1.29 is 14.3 Å². The van der Waals surface area contributed by atoms with Gasteiger partial charge in [0.2, 0.25) is 5.91 Å². The Morgan fingerprint density at radius 3 is 2.46 bits per heavy atom. The Morgan fingerprint density at radius 2 is 1.88 bits per heavy atom. The molecular weight excluding hydrogens is 375 g/mol. The molecule has 0 aromatic heterocycles. The summed E-state index contributed by atoms with van der Waals surface area (Å²) in [6.07, 6.45) is 2.01. The summed E-state index contributed by atoms with van der Waals surface area (Å²) in [5.41, 5.74) is -0.0268. The summed E-state index contributed by atoms with van der Waals surface area (Å²) in [7, 11) is 0. The number of hydrogen-bond donors (Lipinski definition) is 1. The van der Waals surface area contributed by atoms with Gasteiger partial charge in [0.25, 0.3) is 5.91 Å². The molecule has 1 fully saturated rings. The van der Waals surface area contributed by atoms with E-state index >= 15 is 0 Å². The smallest absolute Gasteiger partial charge is 0.260 e. The Balaban J connectivity index is 1.75. The second kappa shape index (κ2) is 8.96. The van der Waals surface area contributed by atoms with Gasteiger partial charge >= 0.3 is 0 Å². The van der Waals surface area contributed by atoms with E-state index in [1.807, 2.05) is 20.8 Å². The molecule has 1 heterocycles. The van der Waals surface area contributed by atoms with Gasteiger partial charge < -0.3 is 15.0 Å². The molecule has 0 aliphatic carbocycles. The van der Waals surface area contributed by atoms with E-state index in [2.05, 4.69) is 5.32 Å². The highest BCUT2D eigenvalue weighted by Crippen LogP contribution is 2.27. The summed E-state index contributed by atoms with van der Waals surface area (Å²) in [6.45, 7) is 7.28. The predicted octanol–water partition coefficient (Wildman–Crippen LogP) is 3.92. The summed E-state index contributed by atoms with van der Waals surface area (Å²) < 4.78 is 5.50. The Bertz CT molecular complexity index is 651. The van der Waals surface area contributed by atoms with Crippen molar-refractivity contribution in [2.75, 3.05) is 19.7 Å². The van der Waals surface area contributed by atoms with Crippen LogP contribution in [0.25, 0.3) is 0 Å². The first kappa shape index (κ1) is 20.8. The van der Waals surface area contributed by atoms with Gasteiger partial charge in [-0.3, -0.25) is 9.59 Å². The fourth-order valence-electron chi connectivity index (χ4n) is 2.86. The lowest BCUT2D eigenvalue weighted by atomic mass is 9.91. The van der Waals surface area contributed by atoms with Gasteiger partial charge in [-0.25, -0.2) is 0 Å². The maximum atomic E-state index is 12.3. The molecule has 0 atom stereocenters. The Hall–Kier alpha value is -1.46. The summed E-state index contributed by atoms with van der Waals surface area (Å²) in [6, 6.07) is 5.02. The lowest BCUT2D eigenvalue weighted by Gasteiger charge is -2.33. The second-order valence-electron chi connectivity index (χ2n) is 7.82. The number of ether oxygens (including phenoxy) is 1. The first-order valence-electron chi connectivity index (χ1n) is 8.79. The van der Waals surface area contributed by atoms with E-state index in [0.717, 1.165) is 12.8 Å². The van der Waals surface area contributed by atoms with Crippen molar-refractivity contribution in [3.05, 3.63) is 28.2 Å². The minimum atomic E-state index is -0.0875. The number of rotatable bonds is 5. The van der Waals surface area contributed by atoms with Crippen molar-refractivity contribution in [2.45, 2.75) is 46.1 Å². The van der Waals surface area contributed by atoms with Crippen molar-refractivity contribution in [1.82, 2.24) is 10.2 Å². The molecule has 1 aromatic rings. The summed E-state index contributed by atoms with van der Waals surface area (Å²) >= 11 is 11.9. The Morgan fingerprint density at radius 1 is 1.23 bits per heavy atom. The molecule has 1 N–H and O–H groups in total. The summed E-state index contributed by atoms with van der Waals surface area (Å²) in [4.78, 5) is 26.1. The minimum Gasteiger partial charge on any atom is -0.482 e. The van der Waals surface area contributed by atoms with Crippen LogP contribution in [-0.4, -0.2) is 42.5 Å². The van der Waals surface area contributed by atoms with Crippen molar-refractivity contribution in [2.24, 2.45) is 5.41 Å². The van der Waals surface area contributed by atoms with E-state index in [9.17, 15) is 9.59 Å². The van der Waals surface area contributed by atoms with Crippen molar-refractivity contribution in [1.29, 1.82) is 0 Å². The quantitative estimate of drug-likeness (QED) is 0.814. The molecule has 26 heavy (non-hydrogen) atoms. The molecule has 1 aliphatic heterocycles. The lowest BCUT2D eigenvalue weighted by molar-refractivity contribution is -0.134. The number of benzene rings is 1. The highest BCUT2D eigenvalue weighted by molar-refractivity contribution is 6.35. The molecule has 7 heteroatoms. The average molecular weight is 401 g/mol. The van der Waals surface area contributed by atoms with E-state index in [1.165, 1.54) is 0 Å². The van der Waals surface area contributed by atoms with Crippen LogP contribution in [-0.2, 0) is 9.59 Å². The molecule has 0 saturated carbocycles. The fraction of sp³-hybridized carbons (Fsp3) is 0.579. The van der Waals surface area contributed by atoms with Gasteiger partial charge in [-0.05, 0) is 36.5 Å². The van der Waals surface area contributed by atoms with Crippen LogP contribution in [0.1, 0.15) is 40.0 Å². The second-order valence-corrected chi connectivity index (χ2v) is 8.67. The molecule has 144 valence electrons. The van der Waals surface area contributed by atoms with Crippen LogP contribution in [0.2, 0.25) is 10.0 Å².